The lowest BCUT2D eigenvalue weighted by Gasteiger charge is -2.57. The highest BCUT2D eigenvalue weighted by molar-refractivity contribution is 5.71. The molecule has 2 aromatic carbocycles. The van der Waals surface area contributed by atoms with E-state index in [1.807, 2.05) is 42.5 Å². The third-order valence-electron chi connectivity index (χ3n) is 6.93. The van der Waals surface area contributed by atoms with Crippen molar-refractivity contribution in [3.8, 4) is 0 Å². The molecule has 0 spiro atoms. The van der Waals surface area contributed by atoms with Gasteiger partial charge < -0.3 is 9.47 Å². The number of hydrogen-bond acceptors (Lipinski definition) is 7. The van der Waals surface area contributed by atoms with Crippen LogP contribution in [-0.2, 0) is 32.2 Å². The number of esters is 2. The molecule has 180 valence electrons. The van der Waals surface area contributed by atoms with Gasteiger partial charge in [-0.1, -0.05) is 66.7 Å². The number of hydrazine groups is 1. The van der Waals surface area contributed by atoms with Gasteiger partial charge in [-0.25, -0.2) is 10.0 Å². The molecule has 0 radical (unpaired) electrons. The van der Waals surface area contributed by atoms with Gasteiger partial charge in [0.15, 0.2) is 0 Å². The number of carbonyl (C=O) groups is 2. The van der Waals surface area contributed by atoms with Crippen LogP contribution in [-0.4, -0.2) is 71.8 Å². The van der Waals surface area contributed by atoms with Crippen LogP contribution in [0.2, 0.25) is 0 Å². The molecule has 4 rings (SSSR count). The Hall–Kier alpha value is -3.00. The van der Waals surface area contributed by atoms with E-state index < -0.39 is 0 Å². The molecule has 2 aromatic rings. The fourth-order valence-electron chi connectivity index (χ4n) is 5.45. The first-order chi connectivity index (χ1) is 16.6. The van der Waals surface area contributed by atoms with E-state index in [1.54, 1.807) is 0 Å². The first-order valence-corrected chi connectivity index (χ1v) is 11.7. The molecule has 0 aliphatic carbocycles. The SMILES string of the molecule is C=CCN1[C@H](CC(=O)OC)[C@H]2[C@@H]([C@@H]1CC(=O)OC)N(Cc1ccccc1)N2Cc1ccccc1. The van der Waals surface area contributed by atoms with Gasteiger partial charge in [0.1, 0.15) is 0 Å². The third-order valence-corrected chi connectivity index (χ3v) is 6.93. The van der Waals surface area contributed by atoms with Gasteiger partial charge in [0, 0.05) is 31.7 Å². The van der Waals surface area contributed by atoms with Crippen LogP contribution < -0.4 is 0 Å². The standard InChI is InChI=1S/C27H33N3O4/c1-4-15-28-22(16-24(31)33-2)26-27(23(28)17-25(32)34-3)30(19-21-13-9-6-10-14-21)29(26)18-20-11-7-5-8-12-20/h4-14,22-23,26-27H,1,15-19H2,2-3H3/t22-,23+,26+,27-. The highest BCUT2D eigenvalue weighted by Gasteiger charge is 2.62. The van der Waals surface area contributed by atoms with Gasteiger partial charge in [-0.05, 0) is 11.1 Å². The highest BCUT2D eigenvalue weighted by Crippen LogP contribution is 2.45. The minimum absolute atomic E-state index is 0.0672. The Morgan fingerprint density at radius 2 is 1.21 bits per heavy atom. The molecule has 2 heterocycles. The number of fused-ring (bicyclic) bond motifs is 1. The summed E-state index contributed by atoms with van der Waals surface area (Å²) in [6.07, 6.45) is 2.35. The molecule has 0 amide bonds. The Labute approximate surface area is 201 Å². The second kappa shape index (κ2) is 11.0. The first kappa shape index (κ1) is 24.1. The van der Waals surface area contributed by atoms with Crippen LogP contribution in [0.25, 0.3) is 0 Å². The van der Waals surface area contributed by atoms with Crippen molar-refractivity contribution in [2.45, 2.75) is 50.1 Å². The Bertz CT molecular complexity index is 908. The van der Waals surface area contributed by atoms with E-state index in [0.29, 0.717) is 6.54 Å². The highest BCUT2D eigenvalue weighted by atomic mass is 16.5. The Morgan fingerprint density at radius 1 is 0.794 bits per heavy atom. The van der Waals surface area contributed by atoms with Gasteiger partial charge in [0.05, 0.1) is 39.1 Å². The lowest BCUT2D eigenvalue weighted by Crippen LogP contribution is -2.72. The third kappa shape index (κ3) is 4.92. The second-order valence-electron chi connectivity index (χ2n) is 8.83. The van der Waals surface area contributed by atoms with E-state index in [2.05, 4.69) is 45.8 Å². The summed E-state index contributed by atoms with van der Waals surface area (Å²) in [5, 5.41) is 4.71. The zero-order valence-corrected chi connectivity index (χ0v) is 19.9. The number of rotatable bonds is 10. The molecule has 4 atom stereocenters. The van der Waals surface area contributed by atoms with Gasteiger partial charge >= 0.3 is 11.9 Å². The maximum absolute atomic E-state index is 12.4. The molecular formula is C27H33N3O4. The smallest absolute Gasteiger partial charge is 0.307 e. The Kier molecular flexibility index (Phi) is 7.77. The van der Waals surface area contributed by atoms with Crippen molar-refractivity contribution in [3.63, 3.8) is 0 Å². The molecule has 2 saturated heterocycles. The average molecular weight is 464 g/mol. The van der Waals surface area contributed by atoms with E-state index in [9.17, 15) is 9.59 Å². The number of nitrogens with zero attached hydrogens (tertiary/aromatic N) is 3. The summed E-state index contributed by atoms with van der Waals surface area (Å²) in [6, 6.07) is 20.6. The monoisotopic (exact) mass is 463 g/mol. The van der Waals surface area contributed by atoms with E-state index >= 15 is 0 Å². The molecule has 7 nitrogen and oxygen atoms in total. The summed E-state index contributed by atoms with van der Waals surface area (Å²) >= 11 is 0. The van der Waals surface area contributed by atoms with Crippen LogP contribution in [0.5, 0.6) is 0 Å². The topological polar surface area (TPSA) is 62.3 Å². The van der Waals surface area contributed by atoms with Crippen LogP contribution in [0.4, 0.5) is 0 Å². The quantitative estimate of drug-likeness (QED) is 0.396. The fourth-order valence-corrected chi connectivity index (χ4v) is 5.45. The second-order valence-corrected chi connectivity index (χ2v) is 8.83. The van der Waals surface area contributed by atoms with Gasteiger partial charge in [-0.15, -0.1) is 6.58 Å². The number of benzene rings is 2. The van der Waals surface area contributed by atoms with Crippen molar-refractivity contribution in [2.75, 3.05) is 20.8 Å². The van der Waals surface area contributed by atoms with Gasteiger partial charge in [-0.3, -0.25) is 14.5 Å². The number of carbonyl (C=O) groups excluding carboxylic acids is 2. The van der Waals surface area contributed by atoms with Crippen LogP contribution in [0, 0.1) is 0 Å². The number of ether oxygens (including phenoxy) is 2. The molecule has 0 aromatic heterocycles. The molecule has 0 N–H and O–H groups in total. The van der Waals surface area contributed by atoms with E-state index in [4.69, 9.17) is 9.47 Å². The largest absolute Gasteiger partial charge is 0.469 e. The molecule has 2 aliphatic heterocycles. The maximum atomic E-state index is 12.4. The summed E-state index contributed by atoms with van der Waals surface area (Å²) < 4.78 is 10.1. The Balaban J connectivity index is 1.71. The zero-order chi connectivity index (χ0) is 24.1. The molecule has 2 aliphatic rings. The van der Waals surface area contributed by atoms with Crippen LogP contribution in [0.1, 0.15) is 24.0 Å². The van der Waals surface area contributed by atoms with Crippen molar-refractivity contribution >= 4 is 11.9 Å². The van der Waals surface area contributed by atoms with Crippen molar-refractivity contribution < 1.29 is 19.1 Å². The Morgan fingerprint density at radius 3 is 1.56 bits per heavy atom. The predicted octanol–water partition coefficient (Wildman–Crippen LogP) is 3.02. The van der Waals surface area contributed by atoms with Crippen LogP contribution >= 0.6 is 0 Å². The van der Waals surface area contributed by atoms with Gasteiger partial charge in [0.25, 0.3) is 0 Å². The zero-order valence-electron chi connectivity index (χ0n) is 19.9. The molecule has 0 bridgehead atoms. The minimum Gasteiger partial charge on any atom is -0.469 e. The van der Waals surface area contributed by atoms with Gasteiger partial charge in [0.2, 0.25) is 0 Å². The molecule has 0 unspecified atom stereocenters. The lowest BCUT2D eigenvalue weighted by atomic mass is 9.91. The molecule has 0 saturated carbocycles. The molecule has 7 heteroatoms. The fraction of sp³-hybridized carbons (Fsp3) is 0.407. The number of hydrogen-bond donors (Lipinski definition) is 0. The van der Waals surface area contributed by atoms with Crippen molar-refractivity contribution in [2.24, 2.45) is 0 Å². The summed E-state index contributed by atoms with van der Waals surface area (Å²) in [4.78, 5) is 27.1. The van der Waals surface area contributed by atoms with Crippen molar-refractivity contribution in [3.05, 3.63) is 84.4 Å². The summed E-state index contributed by atoms with van der Waals surface area (Å²) in [5.41, 5.74) is 2.39. The van der Waals surface area contributed by atoms with E-state index in [1.165, 1.54) is 25.3 Å². The normalized spacial score (nSPS) is 24.8. The van der Waals surface area contributed by atoms with E-state index in [0.717, 1.165) is 13.1 Å². The average Bonchev–Trinajstić information content (AvgIpc) is 3.11. The predicted molar refractivity (Wildman–Crippen MR) is 129 cm³/mol. The van der Waals surface area contributed by atoms with Crippen LogP contribution in [0.3, 0.4) is 0 Å². The van der Waals surface area contributed by atoms with Crippen LogP contribution in [0.15, 0.2) is 73.3 Å². The molecule has 2 fully saturated rings. The summed E-state index contributed by atoms with van der Waals surface area (Å²) in [7, 11) is 2.84. The minimum atomic E-state index is -0.252. The lowest BCUT2D eigenvalue weighted by molar-refractivity contribution is -0.219. The van der Waals surface area contributed by atoms with Crippen molar-refractivity contribution in [1.82, 2.24) is 14.9 Å². The van der Waals surface area contributed by atoms with Gasteiger partial charge in [-0.2, -0.15) is 0 Å². The summed E-state index contributed by atoms with van der Waals surface area (Å²) in [5.74, 6) is -0.504. The van der Waals surface area contributed by atoms with Crippen molar-refractivity contribution in [1.29, 1.82) is 0 Å². The molecular weight excluding hydrogens is 430 g/mol. The molecule has 34 heavy (non-hydrogen) atoms. The number of methoxy groups -OCH3 is 2. The first-order valence-electron chi connectivity index (χ1n) is 11.7. The van der Waals surface area contributed by atoms with E-state index in [-0.39, 0.29) is 48.9 Å². The number of likely N-dealkylation sites (tertiary alicyclic amines) is 1. The maximum Gasteiger partial charge on any atom is 0.307 e. The summed E-state index contributed by atoms with van der Waals surface area (Å²) in [6.45, 7) is 5.96.